The van der Waals surface area contributed by atoms with Gasteiger partial charge < -0.3 is 0 Å². The smallest absolute Gasteiger partial charge is 0.0102 e. The van der Waals surface area contributed by atoms with Crippen LogP contribution in [0.15, 0.2) is 78.4 Å². The number of benzene rings is 3. The first-order chi connectivity index (χ1) is 14.9. The van der Waals surface area contributed by atoms with E-state index in [0.717, 1.165) is 5.57 Å². The summed E-state index contributed by atoms with van der Waals surface area (Å²) in [6, 6.07) is 17.5. The van der Waals surface area contributed by atoms with Gasteiger partial charge in [-0.05, 0) is 70.1 Å². The summed E-state index contributed by atoms with van der Waals surface area (Å²) in [7, 11) is 0. The molecular formula is C31H42. The Kier molecular flexibility index (Phi) is 11.6. The maximum atomic E-state index is 4.19. The molecule has 0 aliphatic heterocycles. The first-order valence-corrected chi connectivity index (χ1v) is 11.8. The molecule has 0 aliphatic carbocycles. The van der Waals surface area contributed by atoms with Crippen LogP contribution in [0.25, 0.3) is 27.6 Å². The molecule has 0 atom stereocenters. The maximum absolute atomic E-state index is 4.19. The topological polar surface area (TPSA) is 0 Å². The molecule has 0 saturated carbocycles. The fourth-order valence-electron chi connectivity index (χ4n) is 3.06. The zero-order valence-corrected chi connectivity index (χ0v) is 21.0. The molecule has 0 unspecified atom stereocenters. The van der Waals surface area contributed by atoms with E-state index in [9.17, 15) is 0 Å². The van der Waals surface area contributed by atoms with E-state index in [0.29, 0.717) is 5.92 Å². The quantitative estimate of drug-likeness (QED) is 0.288. The number of allylic oxidation sites excluding steroid dienone is 4. The van der Waals surface area contributed by atoms with Crippen molar-refractivity contribution in [3.05, 3.63) is 89.5 Å². The predicted octanol–water partition coefficient (Wildman–Crippen LogP) is 10.3. The van der Waals surface area contributed by atoms with Crippen LogP contribution in [0.4, 0.5) is 0 Å². The van der Waals surface area contributed by atoms with E-state index in [2.05, 4.69) is 115 Å². The van der Waals surface area contributed by atoms with Gasteiger partial charge in [-0.1, -0.05) is 121 Å². The molecular weight excluding hydrogens is 372 g/mol. The number of unbranched alkanes of at least 4 members (excludes halogenated alkanes) is 1. The molecule has 3 rings (SSSR count). The van der Waals surface area contributed by atoms with Gasteiger partial charge >= 0.3 is 0 Å². The van der Waals surface area contributed by atoms with Crippen molar-refractivity contribution in [2.24, 2.45) is 5.92 Å². The molecule has 0 saturated heterocycles. The second-order valence-electron chi connectivity index (χ2n) is 8.17. The van der Waals surface area contributed by atoms with Gasteiger partial charge in [-0.3, -0.25) is 0 Å². The largest absolute Gasteiger partial charge is 0.0918 e. The Morgan fingerprint density at radius 2 is 1.48 bits per heavy atom. The fraction of sp³-hybridized carbons (Fsp3) is 0.355. The molecule has 0 bridgehead atoms. The summed E-state index contributed by atoms with van der Waals surface area (Å²) in [6.07, 6.45) is 9.15. The van der Waals surface area contributed by atoms with Gasteiger partial charge in [0.05, 0.1) is 0 Å². The Bertz CT molecular complexity index is 1030. The normalized spacial score (nSPS) is 11.3. The van der Waals surface area contributed by atoms with E-state index in [1.807, 2.05) is 13.8 Å². The number of rotatable bonds is 5. The summed E-state index contributed by atoms with van der Waals surface area (Å²) in [4.78, 5) is 0. The van der Waals surface area contributed by atoms with Crippen molar-refractivity contribution in [2.75, 3.05) is 0 Å². The summed E-state index contributed by atoms with van der Waals surface area (Å²) in [5.41, 5.74) is 4.97. The predicted molar refractivity (Wildman–Crippen MR) is 145 cm³/mol. The van der Waals surface area contributed by atoms with Crippen molar-refractivity contribution in [1.82, 2.24) is 0 Å². The Morgan fingerprint density at radius 1 is 0.903 bits per heavy atom. The Morgan fingerprint density at radius 3 is 2.03 bits per heavy atom. The van der Waals surface area contributed by atoms with Crippen molar-refractivity contribution in [2.45, 2.75) is 68.2 Å². The van der Waals surface area contributed by atoms with Crippen LogP contribution in [-0.4, -0.2) is 0 Å². The molecule has 0 heterocycles. The van der Waals surface area contributed by atoms with Crippen molar-refractivity contribution in [3.63, 3.8) is 0 Å². The summed E-state index contributed by atoms with van der Waals surface area (Å²) >= 11 is 0. The Balaban J connectivity index is 0.000000720. The average Bonchev–Trinajstić information content (AvgIpc) is 2.78. The molecule has 31 heavy (non-hydrogen) atoms. The maximum Gasteiger partial charge on any atom is -0.0102 e. The van der Waals surface area contributed by atoms with Gasteiger partial charge in [0.1, 0.15) is 0 Å². The van der Waals surface area contributed by atoms with Gasteiger partial charge in [0.25, 0.3) is 0 Å². The van der Waals surface area contributed by atoms with E-state index in [1.54, 1.807) is 0 Å². The molecule has 0 aliphatic rings. The minimum atomic E-state index is 0.552. The number of fused-ring (bicyclic) bond motifs is 2. The van der Waals surface area contributed by atoms with Crippen molar-refractivity contribution >= 4 is 27.6 Å². The highest BCUT2D eigenvalue weighted by molar-refractivity contribution is 6.02. The Labute approximate surface area is 191 Å². The van der Waals surface area contributed by atoms with Gasteiger partial charge in [0.15, 0.2) is 0 Å². The monoisotopic (exact) mass is 414 g/mol. The summed E-state index contributed by atoms with van der Waals surface area (Å²) < 4.78 is 0. The lowest BCUT2D eigenvalue weighted by molar-refractivity contribution is 0.769. The van der Waals surface area contributed by atoms with Crippen LogP contribution in [0.3, 0.4) is 0 Å². The van der Waals surface area contributed by atoms with Crippen LogP contribution >= 0.6 is 0 Å². The van der Waals surface area contributed by atoms with Crippen molar-refractivity contribution in [3.8, 4) is 0 Å². The highest BCUT2D eigenvalue weighted by atomic mass is 14.1. The lowest BCUT2D eigenvalue weighted by Gasteiger charge is -2.09. The highest BCUT2D eigenvalue weighted by Gasteiger charge is 2.04. The first-order valence-electron chi connectivity index (χ1n) is 11.8. The van der Waals surface area contributed by atoms with Crippen molar-refractivity contribution in [1.29, 1.82) is 0 Å². The lowest BCUT2D eigenvalue weighted by Crippen LogP contribution is -1.89. The average molecular weight is 415 g/mol. The van der Waals surface area contributed by atoms with Crippen LogP contribution in [-0.2, 0) is 0 Å². The van der Waals surface area contributed by atoms with E-state index in [-0.39, 0.29) is 0 Å². The van der Waals surface area contributed by atoms with Gasteiger partial charge in [-0.25, -0.2) is 0 Å². The number of aryl methyl sites for hydroxylation is 1. The zero-order chi connectivity index (χ0) is 23.4. The lowest BCUT2D eigenvalue weighted by atomic mass is 9.95. The highest BCUT2D eigenvalue weighted by Crippen LogP contribution is 2.28. The van der Waals surface area contributed by atoms with Crippen LogP contribution in [0, 0.1) is 12.8 Å². The first kappa shape index (κ1) is 26.4. The van der Waals surface area contributed by atoms with Crippen LogP contribution < -0.4 is 0 Å². The summed E-state index contributed by atoms with van der Waals surface area (Å²) in [5.74, 6) is 0.552. The van der Waals surface area contributed by atoms with Gasteiger partial charge in [-0.2, -0.15) is 0 Å². The molecule has 0 nitrogen and oxygen atoms in total. The SMILES string of the molecule is C=C(/C=C\c1c(C)ccc2cc3ccccc3cc12)/C=C(\C)C(C)C.CC.CCCC. The molecule has 166 valence electrons. The third kappa shape index (κ3) is 7.87. The molecule has 0 fully saturated rings. The van der Waals surface area contributed by atoms with Gasteiger partial charge in [0, 0.05) is 0 Å². The third-order valence-electron chi connectivity index (χ3n) is 5.43. The third-order valence-corrected chi connectivity index (χ3v) is 5.43. The van der Waals surface area contributed by atoms with Crippen LogP contribution in [0.1, 0.15) is 72.4 Å². The minimum Gasteiger partial charge on any atom is -0.0918 e. The van der Waals surface area contributed by atoms with E-state index in [1.165, 1.54) is 51.1 Å². The number of hydrogen-bond donors (Lipinski definition) is 0. The molecule has 0 heteroatoms. The molecule has 0 amide bonds. The zero-order valence-electron chi connectivity index (χ0n) is 21.0. The summed E-state index contributed by atoms with van der Waals surface area (Å²) in [5, 5.41) is 5.15. The molecule has 0 N–H and O–H groups in total. The van der Waals surface area contributed by atoms with Gasteiger partial charge in [0.2, 0.25) is 0 Å². The van der Waals surface area contributed by atoms with E-state index >= 15 is 0 Å². The molecule has 3 aromatic carbocycles. The van der Waals surface area contributed by atoms with Gasteiger partial charge in [-0.15, -0.1) is 0 Å². The Hall–Kier alpha value is -2.60. The molecule has 0 aromatic heterocycles. The standard InChI is InChI=1S/C25H26.C4H10.C2H6/c1-17(2)20(5)14-18(3)10-13-24-19(4)11-12-23-15-21-8-6-7-9-22(21)16-25(23)24;1-3-4-2;1-2/h6-17H,3H2,1-2,4-5H3;3-4H2,1-2H3;1-2H3/b13-10-,20-14+;;. The van der Waals surface area contributed by atoms with Crippen molar-refractivity contribution < 1.29 is 0 Å². The fourth-order valence-corrected chi connectivity index (χ4v) is 3.06. The minimum absolute atomic E-state index is 0.552. The molecule has 0 radical (unpaired) electrons. The van der Waals surface area contributed by atoms with E-state index in [4.69, 9.17) is 0 Å². The second-order valence-corrected chi connectivity index (χ2v) is 8.17. The van der Waals surface area contributed by atoms with Crippen LogP contribution in [0.2, 0.25) is 0 Å². The van der Waals surface area contributed by atoms with Crippen LogP contribution in [0.5, 0.6) is 0 Å². The van der Waals surface area contributed by atoms with E-state index < -0.39 is 0 Å². The second kappa shape index (κ2) is 13.7. The summed E-state index contributed by atoms with van der Waals surface area (Å²) in [6.45, 7) is 21.3. The molecule has 3 aromatic rings. The molecule has 0 spiro atoms. The number of hydrogen-bond acceptors (Lipinski definition) is 0.